The van der Waals surface area contributed by atoms with E-state index in [0.29, 0.717) is 16.8 Å². The van der Waals surface area contributed by atoms with Gasteiger partial charge in [-0.05, 0) is 71.4 Å². The van der Waals surface area contributed by atoms with Crippen LogP contribution in [0.4, 0.5) is 8.78 Å². The molecule has 0 aromatic heterocycles. The number of benzene rings is 2. The van der Waals surface area contributed by atoms with E-state index in [9.17, 15) is 13.6 Å². The average Bonchev–Trinajstić information content (AvgIpc) is 3.10. The maximum atomic E-state index is 13.6. The van der Waals surface area contributed by atoms with Crippen molar-refractivity contribution in [1.82, 2.24) is 4.90 Å². The molecule has 6 heteroatoms. The minimum atomic E-state index is -0.298. The third-order valence-electron chi connectivity index (χ3n) is 5.74. The van der Waals surface area contributed by atoms with Crippen molar-refractivity contribution in [3.05, 3.63) is 88.1 Å². The molecular formula is C24H20F2N2OS. The molecule has 2 heterocycles. The van der Waals surface area contributed by atoms with Gasteiger partial charge in [0.25, 0.3) is 0 Å². The topological polar surface area (TPSA) is 32.7 Å². The lowest BCUT2D eigenvalue weighted by Crippen LogP contribution is -2.39. The zero-order valence-electron chi connectivity index (χ0n) is 16.4. The molecule has 2 aromatic rings. The largest absolute Gasteiger partial charge is 0.279 e. The van der Waals surface area contributed by atoms with Crippen molar-refractivity contribution in [2.24, 2.45) is 10.9 Å². The number of fused-ring (bicyclic) bond motifs is 1. The number of rotatable bonds is 2. The van der Waals surface area contributed by atoms with Crippen LogP contribution in [0.2, 0.25) is 0 Å². The number of hydrogen-bond donors (Lipinski definition) is 0. The summed E-state index contributed by atoms with van der Waals surface area (Å²) in [5.74, 6) is 0.208. The van der Waals surface area contributed by atoms with Crippen molar-refractivity contribution < 1.29 is 13.6 Å². The van der Waals surface area contributed by atoms with Gasteiger partial charge in [-0.15, -0.1) is 0 Å². The van der Waals surface area contributed by atoms with E-state index in [2.05, 4.69) is 13.0 Å². The Kier molecular flexibility index (Phi) is 4.82. The molecule has 1 amide bonds. The van der Waals surface area contributed by atoms with E-state index in [-0.39, 0.29) is 23.6 Å². The molecule has 2 aliphatic heterocycles. The Labute approximate surface area is 178 Å². The molecule has 1 fully saturated rings. The molecule has 0 saturated carbocycles. The Morgan fingerprint density at radius 3 is 2.40 bits per heavy atom. The number of hydrogen-bond acceptors (Lipinski definition) is 3. The molecule has 0 spiro atoms. The normalized spacial score (nSPS) is 24.8. The fraction of sp³-hybridized carbons (Fsp3) is 0.250. The van der Waals surface area contributed by atoms with E-state index in [0.717, 1.165) is 40.8 Å². The molecule has 0 unspecified atom stereocenters. The van der Waals surface area contributed by atoms with Crippen LogP contribution in [0.5, 0.6) is 0 Å². The Bertz CT molecular complexity index is 1100. The molecular weight excluding hydrogens is 402 g/mol. The third-order valence-corrected chi connectivity index (χ3v) is 6.67. The predicted molar refractivity (Wildman–Crippen MR) is 116 cm³/mol. The smallest absolute Gasteiger partial charge is 0.239 e. The highest BCUT2D eigenvalue weighted by Gasteiger charge is 2.43. The molecule has 1 saturated heterocycles. The zero-order valence-corrected chi connectivity index (χ0v) is 17.3. The second kappa shape index (κ2) is 7.51. The van der Waals surface area contributed by atoms with Crippen LogP contribution < -0.4 is 0 Å². The van der Waals surface area contributed by atoms with Gasteiger partial charge in [0.2, 0.25) is 5.91 Å². The first kappa shape index (κ1) is 19.2. The predicted octanol–water partition coefficient (Wildman–Crippen LogP) is 5.72. The summed E-state index contributed by atoms with van der Waals surface area (Å²) in [5.41, 5.74) is 4.91. The van der Waals surface area contributed by atoms with Crippen molar-refractivity contribution in [2.75, 3.05) is 5.75 Å². The van der Waals surface area contributed by atoms with Crippen molar-refractivity contribution in [3.8, 4) is 0 Å². The van der Waals surface area contributed by atoms with Crippen molar-refractivity contribution in [3.63, 3.8) is 0 Å². The first-order chi connectivity index (χ1) is 14.5. The molecule has 0 radical (unpaired) electrons. The molecule has 0 bridgehead atoms. The second-order valence-electron chi connectivity index (χ2n) is 8.01. The van der Waals surface area contributed by atoms with Gasteiger partial charge < -0.3 is 0 Å². The summed E-state index contributed by atoms with van der Waals surface area (Å²) < 4.78 is 26.9. The lowest BCUT2D eigenvalue weighted by atomic mass is 9.78. The maximum Gasteiger partial charge on any atom is 0.239 e. The van der Waals surface area contributed by atoms with Crippen LogP contribution in [-0.4, -0.2) is 21.7 Å². The fourth-order valence-corrected chi connectivity index (χ4v) is 5.35. The van der Waals surface area contributed by atoms with Gasteiger partial charge in [-0.2, -0.15) is 0 Å². The molecule has 30 heavy (non-hydrogen) atoms. The van der Waals surface area contributed by atoms with Gasteiger partial charge in [0, 0.05) is 0 Å². The van der Waals surface area contributed by atoms with Crippen LogP contribution >= 0.6 is 11.8 Å². The van der Waals surface area contributed by atoms with Gasteiger partial charge in [0.05, 0.1) is 17.5 Å². The highest BCUT2D eigenvalue weighted by Crippen LogP contribution is 2.48. The highest BCUT2D eigenvalue weighted by molar-refractivity contribution is 8.15. The number of carbonyl (C=O) groups excluding carboxylic acids is 1. The number of aliphatic imine (C=N–C) groups is 1. The molecule has 152 valence electrons. The molecule has 3 nitrogen and oxygen atoms in total. The summed E-state index contributed by atoms with van der Waals surface area (Å²) in [6.07, 6.45) is 3.75. The molecule has 0 N–H and O–H groups in total. The van der Waals surface area contributed by atoms with E-state index in [1.165, 1.54) is 36.0 Å². The van der Waals surface area contributed by atoms with Gasteiger partial charge >= 0.3 is 0 Å². The summed E-state index contributed by atoms with van der Waals surface area (Å²) in [6.45, 7) is 2.18. The molecule has 1 aliphatic carbocycles. The van der Waals surface area contributed by atoms with Gasteiger partial charge in [-0.1, -0.05) is 43.0 Å². The number of amides is 1. The Morgan fingerprint density at radius 2 is 1.70 bits per heavy atom. The standard InChI is InChI=1S/C24H20F2N2OS/c1-14-10-17(12-15-2-6-18(25)7-3-15)22-20(11-14)23(16-4-8-19(26)9-5-16)28-21(29)13-30-24(28)27-22/h2-9,12,14,23H,10-11,13H2,1H3/b17-12+/t14-,23-/m0/s1. The lowest BCUT2D eigenvalue weighted by Gasteiger charge is -2.39. The first-order valence-corrected chi connectivity index (χ1v) is 11.0. The first-order valence-electron chi connectivity index (χ1n) is 9.98. The zero-order chi connectivity index (χ0) is 20.8. The van der Waals surface area contributed by atoms with E-state index in [4.69, 9.17) is 4.99 Å². The van der Waals surface area contributed by atoms with Crippen LogP contribution in [-0.2, 0) is 4.79 Å². The van der Waals surface area contributed by atoms with Gasteiger partial charge in [-0.3, -0.25) is 9.69 Å². The summed E-state index contributed by atoms with van der Waals surface area (Å²) in [4.78, 5) is 19.4. The van der Waals surface area contributed by atoms with Crippen molar-refractivity contribution >= 4 is 28.9 Å². The third kappa shape index (κ3) is 3.39. The average molecular weight is 423 g/mol. The number of thioether (sulfide) groups is 1. The quantitative estimate of drug-likeness (QED) is 0.620. The van der Waals surface area contributed by atoms with Gasteiger partial charge in [-0.25, -0.2) is 13.8 Å². The molecule has 3 aliphatic rings. The Hall–Kier alpha value is -2.73. The molecule has 2 aromatic carbocycles. The van der Waals surface area contributed by atoms with Gasteiger partial charge in [0.1, 0.15) is 11.6 Å². The maximum absolute atomic E-state index is 13.6. The monoisotopic (exact) mass is 422 g/mol. The van der Waals surface area contributed by atoms with E-state index in [1.54, 1.807) is 29.2 Å². The van der Waals surface area contributed by atoms with Crippen LogP contribution in [0.1, 0.15) is 36.9 Å². The summed E-state index contributed by atoms with van der Waals surface area (Å²) in [7, 11) is 0. The molecule has 5 rings (SSSR count). The lowest BCUT2D eigenvalue weighted by molar-refractivity contribution is -0.125. The van der Waals surface area contributed by atoms with Crippen molar-refractivity contribution in [1.29, 1.82) is 0 Å². The SMILES string of the molecule is C[C@@H]1CC2=C(N=C3SCC(=O)N3[C@H]2c2ccc(F)cc2)/C(=C/c2ccc(F)cc2)C1. The van der Waals surface area contributed by atoms with Crippen LogP contribution in [0.25, 0.3) is 6.08 Å². The minimum absolute atomic E-state index is 0.0296. The number of halogens is 2. The second-order valence-corrected chi connectivity index (χ2v) is 8.95. The van der Waals surface area contributed by atoms with E-state index < -0.39 is 0 Å². The highest BCUT2D eigenvalue weighted by atomic mass is 32.2. The van der Waals surface area contributed by atoms with E-state index >= 15 is 0 Å². The van der Waals surface area contributed by atoms with Crippen LogP contribution in [0, 0.1) is 17.6 Å². The van der Waals surface area contributed by atoms with Crippen LogP contribution in [0.3, 0.4) is 0 Å². The van der Waals surface area contributed by atoms with E-state index in [1.807, 2.05) is 0 Å². The summed E-state index contributed by atoms with van der Waals surface area (Å²) in [6, 6.07) is 12.6. The fourth-order valence-electron chi connectivity index (χ4n) is 4.45. The number of amidine groups is 1. The van der Waals surface area contributed by atoms with Crippen molar-refractivity contribution in [2.45, 2.75) is 25.8 Å². The van der Waals surface area contributed by atoms with Gasteiger partial charge in [0.15, 0.2) is 5.17 Å². The Balaban J connectivity index is 1.66. The van der Waals surface area contributed by atoms with Crippen LogP contribution in [0.15, 0.2) is 70.4 Å². The minimum Gasteiger partial charge on any atom is -0.279 e. The number of nitrogens with zero attached hydrogens (tertiary/aromatic N) is 2. The number of allylic oxidation sites excluding steroid dienone is 1. The molecule has 2 atom stereocenters. The summed E-state index contributed by atoms with van der Waals surface area (Å²) in [5, 5.41) is 0.702. The number of carbonyl (C=O) groups is 1. The summed E-state index contributed by atoms with van der Waals surface area (Å²) >= 11 is 1.44. The Morgan fingerprint density at radius 1 is 1.03 bits per heavy atom.